The highest BCUT2D eigenvalue weighted by Gasteiger charge is 2.32. The van der Waals surface area contributed by atoms with Crippen LogP contribution >= 0.6 is 12.6 Å². The topological polar surface area (TPSA) is 18.5 Å². The molecule has 0 bridgehead atoms. The van der Waals surface area contributed by atoms with Crippen molar-refractivity contribution in [1.29, 1.82) is 0 Å². The van der Waals surface area contributed by atoms with Gasteiger partial charge in [-0.15, -0.1) is 25.8 Å². The average molecular weight is 224 g/mol. The molecule has 0 aromatic heterocycles. The summed E-state index contributed by atoms with van der Waals surface area (Å²) in [5.41, 5.74) is 0. The number of hydrogen-bond acceptors (Lipinski definition) is 3. The first-order valence-corrected chi connectivity index (χ1v) is 4.00. The number of thiol groups is 1. The number of hydrogen-bond donors (Lipinski definition) is 1. The molecule has 0 N–H and O–H groups in total. The number of halogens is 3. The summed E-state index contributed by atoms with van der Waals surface area (Å²) in [6.07, 6.45) is -4.73. The lowest BCUT2D eigenvalue weighted by atomic mass is 10.3. The predicted molar refractivity (Wildman–Crippen MR) is 46.9 cm³/mol. The third-order valence-corrected chi connectivity index (χ3v) is 1.74. The maximum absolute atomic E-state index is 11.9. The minimum Gasteiger partial charge on any atom is -0.492 e. The molecule has 6 heteroatoms. The Morgan fingerprint density at radius 3 is 2.43 bits per heavy atom. The van der Waals surface area contributed by atoms with Gasteiger partial charge in [0, 0.05) is 0 Å². The van der Waals surface area contributed by atoms with E-state index in [1.807, 2.05) is 0 Å². The monoisotopic (exact) mass is 224 g/mol. The van der Waals surface area contributed by atoms with Gasteiger partial charge in [0.05, 0.1) is 12.0 Å². The first kappa shape index (κ1) is 11.0. The molecule has 0 saturated carbocycles. The number of ether oxygens (including phenoxy) is 2. The van der Waals surface area contributed by atoms with Gasteiger partial charge in [-0.1, -0.05) is 6.07 Å². The summed E-state index contributed by atoms with van der Waals surface area (Å²) in [5, 5.41) is 0. The number of para-hydroxylation sites is 1. The maximum atomic E-state index is 11.9. The Labute approximate surface area is 84.0 Å². The summed E-state index contributed by atoms with van der Waals surface area (Å²) in [7, 11) is 1.25. The Bertz CT molecular complexity index is 325. The minimum atomic E-state index is -4.73. The van der Waals surface area contributed by atoms with Crippen molar-refractivity contribution in [2.75, 3.05) is 7.11 Å². The molecule has 2 nitrogen and oxygen atoms in total. The molecule has 0 unspecified atom stereocenters. The van der Waals surface area contributed by atoms with Gasteiger partial charge < -0.3 is 9.47 Å². The van der Waals surface area contributed by atoms with E-state index in [4.69, 9.17) is 4.74 Å². The largest absolute Gasteiger partial charge is 0.573 e. The zero-order chi connectivity index (χ0) is 10.8. The van der Waals surface area contributed by atoms with E-state index in [0.717, 1.165) is 6.07 Å². The molecular formula is C8H7F3O2S. The summed E-state index contributed by atoms with van der Waals surface area (Å²) >= 11 is 3.92. The van der Waals surface area contributed by atoms with E-state index in [-0.39, 0.29) is 10.6 Å². The van der Waals surface area contributed by atoms with E-state index < -0.39 is 12.1 Å². The molecule has 0 radical (unpaired) electrons. The number of rotatable bonds is 2. The lowest BCUT2D eigenvalue weighted by molar-refractivity contribution is -0.275. The fraction of sp³-hybridized carbons (Fsp3) is 0.250. The van der Waals surface area contributed by atoms with Crippen LogP contribution < -0.4 is 9.47 Å². The third kappa shape index (κ3) is 2.73. The predicted octanol–water partition coefficient (Wildman–Crippen LogP) is 2.88. The molecule has 0 aliphatic carbocycles. The van der Waals surface area contributed by atoms with Crippen LogP contribution in [-0.2, 0) is 0 Å². The molecule has 78 valence electrons. The van der Waals surface area contributed by atoms with E-state index in [9.17, 15) is 13.2 Å². The smallest absolute Gasteiger partial charge is 0.492 e. The van der Waals surface area contributed by atoms with Crippen LogP contribution in [0.1, 0.15) is 0 Å². The van der Waals surface area contributed by atoms with Crippen LogP contribution in [0.2, 0.25) is 0 Å². The van der Waals surface area contributed by atoms with E-state index in [0.29, 0.717) is 0 Å². The average Bonchev–Trinajstić information content (AvgIpc) is 2.01. The van der Waals surface area contributed by atoms with Crippen molar-refractivity contribution in [3.8, 4) is 11.5 Å². The molecule has 0 aliphatic rings. The summed E-state index contributed by atoms with van der Waals surface area (Å²) in [6, 6.07) is 4.06. The lowest BCUT2D eigenvalue weighted by Crippen LogP contribution is -2.17. The van der Waals surface area contributed by atoms with Crippen molar-refractivity contribution < 1.29 is 22.6 Å². The highest BCUT2D eigenvalue weighted by molar-refractivity contribution is 7.80. The molecule has 0 amide bonds. The highest BCUT2D eigenvalue weighted by Crippen LogP contribution is 2.36. The summed E-state index contributed by atoms with van der Waals surface area (Å²) < 4.78 is 44.1. The van der Waals surface area contributed by atoms with Crippen molar-refractivity contribution in [2.45, 2.75) is 11.3 Å². The standard InChI is InChI=1S/C8H7F3O2S/c1-12-7-5(13-8(9,10)11)3-2-4-6(7)14/h2-4,14H,1H3. The van der Waals surface area contributed by atoms with Crippen molar-refractivity contribution in [3.05, 3.63) is 18.2 Å². The van der Waals surface area contributed by atoms with Crippen LogP contribution in [0.5, 0.6) is 11.5 Å². The Kier molecular flexibility index (Phi) is 3.15. The van der Waals surface area contributed by atoms with E-state index in [2.05, 4.69) is 17.4 Å². The van der Waals surface area contributed by atoms with Gasteiger partial charge in [-0.05, 0) is 12.1 Å². The number of benzene rings is 1. The maximum Gasteiger partial charge on any atom is 0.573 e. The van der Waals surface area contributed by atoms with Crippen LogP contribution in [0.15, 0.2) is 23.1 Å². The summed E-state index contributed by atoms with van der Waals surface area (Å²) in [4.78, 5) is 0.286. The Balaban J connectivity index is 3.02. The van der Waals surface area contributed by atoms with Crippen LogP contribution in [-0.4, -0.2) is 13.5 Å². The SMILES string of the molecule is COc1c(S)cccc1OC(F)(F)F. The second kappa shape index (κ2) is 4.00. The molecule has 1 aromatic rings. The zero-order valence-corrected chi connectivity index (χ0v) is 8.02. The normalized spacial score (nSPS) is 11.2. The van der Waals surface area contributed by atoms with Gasteiger partial charge in [0.1, 0.15) is 0 Å². The Morgan fingerprint density at radius 2 is 1.93 bits per heavy atom. The van der Waals surface area contributed by atoms with Gasteiger partial charge in [0.25, 0.3) is 0 Å². The van der Waals surface area contributed by atoms with Crippen LogP contribution in [0.3, 0.4) is 0 Å². The second-order valence-corrected chi connectivity index (χ2v) is 2.84. The fourth-order valence-corrected chi connectivity index (χ4v) is 1.20. The van der Waals surface area contributed by atoms with Crippen molar-refractivity contribution in [3.63, 3.8) is 0 Å². The molecule has 14 heavy (non-hydrogen) atoms. The molecule has 0 atom stereocenters. The molecule has 0 aliphatic heterocycles. The van der Waals surface area contributed by atoms with Crippen molar-refractivity contribution >= 4 is 12.6 Å². The Morgan fingerprint density at radius 1 is 1.29 bits per heavy atom. The summed E-state index contributed by atoms with van der Waals surface area (Å²) in [6.45, 7) is 0. The van der Waals surface area contributed by atoms with Crippen LogP contribution in [0, 0.1) is 0 Å². The number of methoxy groups -OCH3 is 1. The van der Waals surface area contributed by atoms with E-state index in [1.54, 1.807) is 0 Å². The Hall–Kier alpha value is -1.04. The van der Waals surface area contributed by atoms with Gasteiger partial charge >= 0.3 is 6.36 Å². The summed E-state index contributed by atoms with van der Waals surface area (Å²) in [5.74, 6) is -0.430. The molecule has 0 saturated heterocycles. The zero-order valence-electron chi connectivity index (χ0n) is 7.13. The molecule has 0 fully saturated rings. The first-order chi connectivity index (χ1) is 6.44. The lowest BCUT2D eigenvalue weighted by Gasteiger charge is -2.13. The molecule has 1 aromatic carbocycles. The van der Waals surface area contributed by atoms with Gasteiger partial charge in [0.15, 0.2) is 11.5 Å². The van der Waals surface area contributed by atoms with Gasteiger partial charge in [0.2, 0.25) is 0 Å². The van der Waals surface area contributed by atoms with E-state index >= 15 is 0 Å². The van der Waals surface area contributed by atoms with E-state index in [1.165, 1.54) is 19.2 Å². The van der Waals surface area contributed by atoms with Crippen molar-refractivity contribution in [2.24, 2.45) is 0 Å². The van der Waals surface area contributed by atoms with Crippen LogP contribution in [0.4, 0.5) is 13.2 Å². The quantitative estimate of drug-likeness (QED) is 0.778. The van der Waals surface area contributed by atoms with Gasteiger partial charge in [-0.3, -0.25) is 0 Å². The third-order valence-electron chi connectivity index (χ3n) is 1.39. The molecule has 0 spiro atoms. The minimum absolute atomic E-state index is 0.0341. The second-order valence-electron chi connectivity index (χ2n) is 2.36. The highest BCUT2D eigenvalue weighted by atomic mass is 32.1. The fourth-order valence-electron chi connectivity index (χ4n) is 0.914. The molecular weight excluding hydrogens is 217 g/mol. The number of alkyl halides is 3. The first-order valence-electron chi connectivity index (χ1n) is 3.56. The van der Waals surface area contributed by atoms with Gasteiger partial charge in [-0.25, -0.2) is 0 Å². The molecule has 1 rings (SSSR count). The van der Waals surface area contributed by atoms with Crippen molar-refractivity contribution in [1.82, 2.24) is 0 Å². The molecule has 0 heterocycles. The van der Waals surface area contributed by atoms with Gasteiger partial charge in [-0.2, -0.15) is 0 Å². The van der Waals surface area contributed by atoms with Crippen LogP contribution in [0.25, 0.3) is 0 Å².